The molecule has 3 aliphatic heterocycles. The van der Waals surface area contributed by atoms with Crippen LogP contribution in [0.4, 0.5) is 0 Å². The zero-order valence-electron chi connectivity index (χ0n) is 33.0. The first-order valence-corrected chi connectivity index (χ1v) is 20.3. The molecule has 5 fully saturated rings. The van der Waals surface area contributed by atoms with Crippen LogP contribution in [0, 0.1) is 45.8 Å². The Morgan fingerprint density at radius 3 is 1.98 bits per heavy atom. The summed E-state index contributed by atoms with van der Waals surface area (Å²) in [6.45, 7) is 14.8. The first-order valence-electron chi connectivity index (χ1n) is 20.3. The number of hydrogen-bond acceptors (Lipinski definition) is 7. The molecule has 1 N–H and O–H groups in total. The van der Waals surface area contributed by atoms with E-state index in [4.69, 9.17) is 0 Å². The number of piperidine rings is 2. The van der Waals surface area contributed by atoms with Crippen molar-refractivity contribution in [1.82, 2.24) is 15.1 Å². The van der Waals surface area contributed by atoms with Crippen molar-refractivity contribution in [3.05, 3.63) is 0 Å². The fraction of sp³-hybridized carbons (Fsp3) is 0.833. The number of carbonyl (C=O) groups is 7. The molecule has 0 aromatic rings. The summed E-state index contributed by atoms with van der Waals surface area (Å²) in [5.74, 6) is -3.26. The number of carbonyl (C=O) groups excluding carboxylic acids is 7. The number of likely N-dealkylation sites (tertiary alicyclic amines) is 1. The molecule has 0 aromatic carbocycles. The lowest BCUT2D eigenvalue weighted by Gasteiger charge is -2.39. The Labute approximate surface area is 311 Å². The smallest absolute Gasteiger partial charge is 0.287 e. The molecule has 5 rings (SSSR count). The number of ketones is 3. The zero-order valence-corrected chi connectivity index (χ0v) is 33.0. The molecule has 10 heteroatoms. The van der Waals surface area contributed by atoms with Gasteiger partial charge >= 0.3 is 0 Å². The van der Waals surface area contributed by atoms with Gasteiger partial charge in [-0.2, -0.15) is 0 Å². The summed E-state index contributed by atoms with van der Waals surface area (Å²) in [5, 5.41) is 2.81. The average molecular weight is 724 g/mol. The van der Waals surface area contributed by atoms with Gasteiger partial charge in [0.2, 0.25) is 23.5 Å². The molecule has 10 nitrogen and oxygen atoms in total. The first kappa shape index (κ1) is 40.3. The molecule has 3 saturated heterocycles. The number of nitrogens with zero attached hydrogens (tertiary/aromatic N) is 2. The van der Waals surface area contributed by atoms with Crippen LogP contribution in [0.1, 0.15) is 151 Å². The third-order valence-corrected chi connectivity index (χ3v) is 13.2. The molecular weight excluding hydrogens is 658 g/mol. The minimum absolute atomic E-state index is 0.00917. The van der Waals surface area contributed by atoms with Crippen molar-refractivity contribution in [3.8, 4) is 0 Å². The summed E-state index contributed by atoms with van der Waals surface area (Å²) < 4.78 is 0. The maximum absolute atomic E-state index is 14.6. The van der Waals surface area contributed by atoms with Crippen LogP contribution >= 0.6 is 0 Å². The van der Waals surface area contributed by atoms with E-state index in [1.807, 2.05) is 34.6 Å². The summed E-state index contributed by atoms with van der Waals surface area (Å²) >= 11 is 0. The highest BCUT2D eigenvalue weighted by Gasteiger charge is 2.69. The van der Waals surface area contributed by atoms with E-state index in [9.17, 15) is 33.6 Å². The van der Waals surface area contributed by atoms with Crippen LogP contribution in [0.2, 0.25) is 0 Å². The topological polar surface area (TPSA) is 138 Å². The van der Waals surface area contributed by atoms with Gasteiger partial charge in [0.05, 0.1) is 6.04 Å². The second kappa shape index (κ2) is 15.8. The molecule has 290 valence electrons. The maximum Gasteiger partial charge on any atom is 0.287 e. The minimum Gasteiger partial charge on any atom is -0.347 e. The van der Waals surface area contributed by atoms with Crippen LogP contribution in [0.15, 0.2) is 0 Å². The SMILES string of the molecule is CC1(C)CC(=O)N(C[C@@H](CC(=O)C[C@H]2CCCCCCCCC[C@H](C(=O)C(=O)NC3CC3)CC(=O)[C@@H]3[C@@H]4[C@H](CN3C2=O)C4(C)C)C(C)(C)C)C(=O)C1. The van der Waals surface area contributed by atoms with Gasteiger partial charge < -0.3 is 10.2 Å². The van der Waals surface area contributed by atoms with E-state index < -0.39 is 29.6 Å². The predicted molar refractivity (Wildman–Crippen MR) is 198 cm³/mol. The lowest BCUT2D eigenvalue weighted by atomic mass is 9.75. The molecule has 0 bridgehead atoms. The third kappa shape index (κ3) is 9.60. The molecule has 6 atom stereocenters. The average Bonchev–Trinajstić information content (AvgIpc) is 3.89. The van der Waals surface area contributed by atoms with Crippen molar-refractivity contribution in [2.24, 2.45) is 45.8 Å². The van der Waals surface area contributed by atoms with Gasteiger partial charge in [0.15, 0.2) is 5.78 Å². The number of hydrogen-bond donors (Lipinski definition) is 1. The molecule has 0 radical (unpaired) electrons. The second-order valence-corrected chi connectivity index (χ2v) is 19.5. The Morgan fingerprint density at radius 1 is 0.827 bits per heavy atom. The molecule has 2 aliphatic carbocycles. The number of Topliss-reactive ketones (excluding diaryl/α,β-unsaturated/α-hetero) is 3. The van der Waals surface area contributed by atoms with Crippen molar-refractivity contribution in [2.45, 2.75) is 163 Å². The van der Waals surface area contributed by atoms with Crippen LogP contribution in [0.25, 0.3) is 0 Å². The summed E-state index contributed by atoms with van der Waals surface area (Å²) in [5.41, 5.74) is -0.852. The summed E-state index contributed by atoms with van der Waals surface area (Å²) in [6.07, 6.45) is 10.1. The van der Waals surface area contributed by atoms with Gasteiger partial charge in [0.1, 0.15) is 5.78 Å². The fourth-order valence-corrected chi connectivity index (χ4v) is 9.37. The maximum atomic E-state index is 14.6. The molecular formula is C42H65N3O7. The Hall–Kier alpha value is -2.91. The number of rotatable bonds is 9. The van der Waals surface area contributed by atoms with Crippen molar-refractivity contribution in [2.75, 3.05) is 13.1 Å². The largest absolute Gasteiger partial charge is 0.347 e. The van der Waals surface area contributed by atoms with E-state index in [1.54, 1.807) is 4.90 Å². The standard InChI is InChI=1S/C42H65N3O7/c1-40(2,3)28(24-44-33(48)22-41(4,5)23-34(44)49)21-30(46)19-27-16-14-12-10-8-9-11-13-15-26(37(50)38(51)43-29-17-18-29)20-32(47)36-35-31(42(35,6)7)25-45(36)39(27)52/h26-29,31,35-36H,8-25H2,1-7H3,(H,43,51)/t26-,27+,28+,31-,35-,36+/m0/s1. The zero-order chi connectivity index (χ0) is 38.2. The van der Waals surface area contributed by atoms with E-state index in [1.165, 1.54) is 4.90 Å². The van der Waals surface area contributed by atoms with Crippen molar-refractivity contribution in [3.63, 3.8) is 0 Å². The van der Waals surface area contributed by atoms with E-state index in [0.717, 1.165) is 57.8 Å². The van der Waals surface area contributed by atoms with E-state index in [2.05, 4.69) is 19.2 Å². The van der Waals surface area contributed by atoms with E-state index >= 15 is 0 Å². The van der Waals surface area contributed by atoms with Gasteiger partial charge in [-0.25, -0.2) is 0 Å². The monoisotopic (exact) mass is 723 g/mol. The van der Waals surface area contributed by atoms with Crippen molar-refractivity contribution in [1.29, 1.82) is 0 Å². The van der Waals surface area contributed by atoms with Gasteiger partial charge in [0.25, 0.3) is 5.91 Å². The van der Waals surface area contributed by atoms with Crippen LogP contribution < -0.4 is 5.32 Å². The Kier molecular flexibility index (Phi) is 12.3. The van der Waals surface area contributed by atoms with Crippen LogP contribution in [-0.4, -0.2) is 76.0 Å². The highest BCUT2D eigenvalue weighted by molar-refractivity contribution is 6.37. The van der Waals surface area contributed by atoms with Crippen molar-refractivity contribution < 1.29 is 33.6 Å². The predicted octanol–water partition coefficient (Wildman–Crippen LogP) is 6.22. The van der Waals surface area contributed by atoms with E-state index in [-0.39, 0.29) is 108 Å². The number of fused-ring (bicyclic) bond motifs is 3. The molecule has 4 amide bonds. The lowest BCUT2D eigenvalue weighted by molar-refractivity contribution is -0.154. The quantitative estimate of drug-likeness (QED) is 0.220. The summed E-state index contributed by atoms with van der Waals surface area (Å²) in [7, 11) is 0. The highest BCUT2D eigenvalue weighted by Crippen LogP contribution is 2.65. The minimum atomic E-state index is -0.700. The van der Waals surface area contributed by atoms with Gasteiger partial charge in [-0.05, 0) is 59.7 Å². The number of amides is 4. The Balaban J connectivity index is 1.33. The van der Waals surface area contributed by atoms with Crippen molar-refractivity contribution >= 4 is 41.0 Å². The third-order valence-electron chi connectivity index (χ3n) is 13.2. The van der Waals surface area contributed by atoms with Crippen LogP contribution in [0.3, 0.4) is 0 Å². The van der Waals surface area contributed by atoms with Gasteiger partial charge in [-0.15, -0.1) is 0 Å². The normalized spacial score (nSPS) is 30.7. The molecule has 2 saturated carbocycles. The molecule has 0 unspecified atom stereocenters. The highest BCUT2D eigenvalue weighted by atomic mass is 16.2. The second-order valence-electron chi connectivity index (χ2n) is 19.5. The molecule has 5 aliphatic rings. The Bertz CT molecular complexity index is 1400. The molecule has 0 spiro atoms. The van der Waals surface area contributed by atoms with Crippen LogP contribution in [-0.2, 0) is 33.6 Å². The van der Waals surface area contributed by atoms with Gasteiger partial charge in [0, 0.05) is 63.1 Å². The number of nitrogens with one attached hydrogen (secondary N) is 1. The van der Waals surface area contributed by atoms with E-state index in [0.29, 0.717) is 19.4 Å². The Morgan fingerprint density at radius 2 is 1.40 bits per heavy atom. The van der Waals surface area contributed by atoms with Gasteiger partial charge in [-0.1, -0.05) is 93.4 Å². The molecule has 3 heterocycles. The van der Waals surface area contributed by atoms with Gasteiger partial charge in [-0.3, -0.25) is 38.5 Å². The summed E-state index contributed by atoms with van der Waals surface area (Å²) in [4.78, 5) is 98.3. The molecule has 52 heavy (non-hydrogen) atoms. The molecule has 0 aromatic heterocycles. The van der Waals surface area contributed by atoms with Crippen LogP contribution in [0.5, 0.6) is 0 Å². The first-order chi connectivity index (χ1) is 24.3. The number of imide groups is 1. The summed E-state index contributed by atoms with van der Waals surface area (Å²) in [6, 6.07) is -0.614. The fourth-order valence-electron chi connectivity index (χ4n) is 9.37. The lowest BCUT2D eigenvalue weighted by Crippen LogP contribution is -2.50.